The lowest BCUT2D eigenvalue weighted by atomic mass is 10.0. The summed E-state index contributed by atoms with van der Waals surface area (Å²) in [5, 5.41) is 23.4. The number of hydrogen-bond acceptors (Lipinski definition) is 5. The highest BCUT2D eigenvalue weighted by Crippen LogP contribution is 2.31. The SMILES string of the molecule is CCCC.Cc1nn(Cc2ccc(F)c(C(=O)OF)c2)c(C)c1-c1ccc(C#N)c(O)c1. The molecule has 0 radical (unpaired) electrons. The van der Waals surface area contributed by atoms with Crippen molar-refractivity contribution in [2.45, 2.75) is 47.1 Å². The van der Waals surface area contributed by atoms with Gasteiger partial charge < -0.3 is 5.11 Å². The number of nitriles is 1. The van der Waals surface area contributed by atoms with Gasteiger partial charge in [0.05, 0.1) is 23.4 Å². The maximum absolute atomic E-state index is 13.7. The molecule has 6 nitrogen and oxygen atoms in total. The Hall–Kier alpha value is -3.73. The van der Waals surface area contributed by atoms with E-state index in [0.717, 1.165) is 17.3 Å². The van der Waals surface area contributed by atoms with Gasteiger partial charge in [0.25, 0.3) is 0 Å². The summed E-state index contributed by atoms with van der Waals surface area (Å²) in [5.74, 6) is -2.41. The molecule has 1 N–H and O–H groups in total. The zero-order chi connectivity index (χ0) is 23.8. The van der Waals surface area contributed by atoms with E-state index >= 15 is 0 Å². The number of aromatic hydroxyl groups is 1. The maximum Gasteiger partial charge on any atom is 0.382 e. The lowest BCUT2D eigenvalue weighted by molar-refractivity contribution is -0.0791. The van der Waals surface area contributed by atoms with Gasteiger partial charge in [-0.1, -0.05) is 38.8 Å². The summed E-state index contributed by atoms with van der Waals surface area (Å²) in [5.41, 5.74) is 3.13. The average Bonchev–Trinajstić information content (AvgIpc) is 3.07. The van der Waals surface area contributed by atoms with Gasteiger partial charge in [-0.05, 0) is 49.2 Å². The number of aromatic nitrogens is 2. The third-order valence-electron chi connectivity index (χ3n) is 4.94. The number of nitrogens with zero attached hydrogens (tertiary/aromatic N) is 3. The topological polar surface area (TPSA) is 88.1 Å². The minimum absolute atomic E-state index is 0.125. The first-order valence-electron chi connectivity index (χ1n) is 10.2. The van der Waals surface area contributed by atoms with Gasteiger partial charge in [0.1, 0.15) is 17.6 Å². The number of rotatable bonds is 5. The number of hydrogen-bond donors (Lipinski definition) is 1. The van der Waals surface area contributed by atoms with Gasteiger partial charge in [0, 0.05) is 15.8 Å². The Bertz CT molecular complexity index is 1150. The molecule has 0 aliphatic rings. The van der Waals surface area contributed by atoms with E-state index in [-0.39, 0.29) is 17.9 Å². The standard InChI is InChI=1S/C20H15F2N3O3.C4H10/c1-11-19(14-4-5-15(9-23)18(26)8-14)12(2)25(24-11)10-13-3-6-17(21)16(7-13)20(27)28-22;1-3-4-2/h3-8,26H,10H2,1-2H3;3-4H2,1-2H3. The van der Waals surface area contributed by atoms with Crippen molar-refractivity contribution in [3.63, 3.8) is 0 Å². The predicted molar refractivity (Wildman–Crippen MR) is 116 cm³/mol. The molecule has 32 heavy (non-hydrogen) atoms. The molecule has 0 atom stereocenters. The first-order valence-corrected chi connectivity index (χ1v) is 10.2. The molecular formula is C24H25F2N3O3. The van der Waals surface area contributed by atoms with Crippen molar-refractivity contribution in [2.24, 2.45) is 0 Å². The summed E-state index contributed by atoms with van der Waals surface area (Å²) in [6.07, 6.45) is 2.64. The van der Waals surface area contributed by atoms with Crippen molar-refractivity contribution in [2.75, 3.05) is 0 Å². The van der Waals surface area contributed by atoms with Crippen LogP contribution in [0.2, 0.25) is 0 Å². The van der Waals surface area contributed by atoms with E-state index in [9.17, 15) is 18.8 Å². The average molecular weight is 441 g/mol. The number of unbranched alkanes of at least 4 members (excludes halogenated alkanes) is 1. The molecule has 1 aromatic heterocycles. The number of phenols is 1. The molecule has 0 aliphatic carbocycles. The van der Waals surface area contributed by atoms with Gasteiger partial charge in [-0.2, -0.15) is 10.4 Å². The van der Waals surface area contributed by atoms with Gasteiger partial charge in [0.2, 0.25) is 0 Å². The largest absolute Gasteiger partial charge is 0.507 e. The molecule has 0 unspecified atom stereocenters. The van der Waals surface area contributed by atoms with E-state index in [4.69, 9.17) is 5.26 Å². The van der Waals surface area contributed by atoms with Crippen LogP contribution in [0.15, 0.2) is 36.4 Å². The highest BCUT2D eigenvalue weighted by atomic mass is 19.3. The van der Waals surface area contributed by atoms with Crippen LogP contribution in [-0.4, -0.2) is 20.9 Å². The molecule has 0 spiro atoms. The molecule has 3 rings (SSSR count). The number of halogens is 2. The predicted octanol–water partition coefficient (Wildman–Crippen LogP) is 5.78. The zero-order valence-corrected chi connectivity index (χ0v) is 18.4. The maximum atomic E-state index is 13.7. The van der Waals surface area contributed by atoms with Crippen molar-refractivity contribution in [3.05, 3.63) is 70.3 Å². The molecule has 0 aliphatic heterocycles. The second-order valence-electron chi connectivity index (χ2n) is 7.23. The smallest absolute Gasteiger partial charge is 0.382 e. The van der Waals surface area contributed by atoms with Gasteiger partial charge in [-0.3, -0.25) is 4.68 Å². The molecule has 0 saturated heterocycles. The first kappa shape index (κ1) is 24.5. The van der Waals surface area contributed by atoms with Crippen LogP contribution in [0, 0.1) is 31.0 Å². The third kappa shape index (κ3) is 5.49. The van der Waals surface area contributed by atoms with E-state index < -0.39 is 17.3 Å². The Morgan fingerprint density at radius 2 is 1.88 bits per heavy atom. The minimum Gasteiger partial charge on any atom is -0.507 e. The second kappa shape index (κ2) is 11.0. The zero-order valence-electron chi connectivity index (χ0n) is 18.4. The number of carbonyl (C=O) groups is 1. The first-order chi connectivity index (χ1) is 15.3. The van der Waals surface area contributed by atoms with Crippen molar-refractivity contribution < 1.29 is 23.8 Å². The van der Waals surface area contributed by atoms with Crippen molar-refractivity contribution >= 4 is 5.97 Å². The fourth-order valence-corrected chi connectivity index (χ4v) is 3.09. The fourth-order valence-electron chi connectivity index (χ4n) is 3.09. The number of carbonyl (C=O) groups excluding carboxylic acids is 1. The van der Waals surface area contributed by atoms with Crippen LogP contribution in [0.1, 0.15) is 59.6 Å². The Labute approximate surface area is 185 Å². The van der Waals surface area contributed by atoms with Gasteiger partial charge >= 0.3 is 5.97 Å². The minimum atomic E-state index is -1.40. The Kier molecular flexibility index (Phi) is 8.47. The monoisotopic (exact) mass is 441 g/mol. The van der Waals surface area contributed by atoms with E-state index in [0.29, 0.717) is 16.8 Å². The molecule has 3 aromatic rings. The Morgan fingerprint density at radius 3 is 2.44 bits per heavy atom. The summed E-state index contributed by atoms with van der Waals surface area (Å²) < 4.78 is 27.5. The van der Waals surface area contributed by atoms with Gasteiger partial charge in [-0.25, -0.2) is 14.1 Å². The van der Waals surface area contributed by atoms with Crippen molar-refractivity contribution in [1.29, 1.82) is 5.26 Å². The van der Waals surface area contributed by atoms with Crippen molar-refractivity contribution in [3.8, 4) is 22.9 Å². The van der Waals surface area contributed by atoms with E-state index in [1.807, 2.05) is 13.0 Å². The van der Waals surface area contributed by atoms with Crippen LogP contribution in [0.5, 0.6) is 5.75 Å². The van der Waals surface area contributed by atoms with Crippen molar-refractivity contribution in [1.82, 2.24) is 9.78 Å². The summed E-state index contributed by atoms with van der Waals surface area (Å²) >= 11 is 0. The van der Waals surface area contributed by atoms with Crippen LogP contribution in [-0.2, 0) is 11.5 Å². The van der Waals surface area contributed by atoms with Crippen LogP contribution in [0.25, 0.3) is 11.1 Å². The van der Waals surface area contributed by atoms with E-state index in [1.165, 1.54) is 37.1 Å². The summed E-state index contributed by atoms with van der Waals surface area (Å²) in [7, 11) is 0. The molecule has 0 amide bonds. The van der Waals surface area contributed by atoms with Crippen LogP contribution in [0.4, 0.5) is 8.92 Å². The number of phenolic OH excluding ortho intramolecular Hbond substituents is 1. The lowest BCUT2D eigenvalue weighted by Crippen LogP contribution is -2.08. The quantitative estimate of drug-likeness (QED) is 0.542. The summed E-state index contributed by atoms with van der Waals surface area (Å²) in [6, 6.07) is 10.4. The molecule has 0 saturated carbocycles. The van der Waals surface area contributed by atoms with Crippen LogP contribution in [0.3, 0.4) is 0 Å². The summed E-state index contributed by atoms with van der Waals surface area (Å²) in [4.78, 5) is 14.4. The molecule has 8 heteroatoms. The Morgan fingerprint density at radius 1 is 1.19 bits per heavy atom. The molecule has 2 aromatic carbocycles. The third-order valence-corrected chi connectivity index (χ3v) is 4.94. The molecule has 168 valence electrons. The summed E-state index contributed by atoms with van der Waals surface area (Å²) in [6.45, 7) is 8.19. The normalized spacial score (nSPS) is 10.2. The molecular weight excluding hydrogens is 416 g/mol. The fraction of sp³-hybridized carbons (Fsp3) is 0.292. The van der Waals surface area contributed by atoms with Gasteiger partial charge in [-0.15, -0.1) is 0 Å². The van der Waals surface area contributed by atoms with E-state index in [1.54, 1.807) is 17.7 Å². The molecule has 0 bridgehead atoms. The van der Waals surface area contributed by atoms with Crippen LogP contribution < -0.4 is 0 Å². The van der Waals surface area contributed by atoms with Crippen LogP contribution >= 0.6 is 0 Å². The lowest BCUT2D eigenvalue weighted by Gasteiger charge is -2.08. The number of aryl methyl sites for hydroxylation is 1. The Balaban J connectivity index is 0.000000837. The number of benzene rings is 2. The highest BCUT2D eigenvalue weighted by Gasteiger charge is 2.18. The van der Waals surface area contributed by atoms with Gasteiger partial charge in [0.15, 0.2) is 0 Å². The second-order valence-corrected chi connectivity index (χ2v) is 7.23. The molecule has 1 heterocycles. The van der Waals surface area contributed by atoms with E-state index in [2.05, 4.69) is 23.9 Å². The molecule has 0 fully saturated rings. The highest BCUT2D eigenvalue weighted by molar-refractivity contribution is 5.89.